The van der Waals surface area contributed by atoms with Crippen molar-refractivity contribution in [1.82, 2.24) is 5.32 Å². The van der Waals surface area contributed by atoms with Gasteiger partial charge in [0.2, 0.25) is 0 Å². The Morgan fingerprint density at radius 2 is 1.76 bits per heavy atom. The normalized spacial score (nSPS) is 13.8. The van der Waals surface area contributed by atoms with Crippen LogP contribution in [0.2, 0.25) is 0 Å². The number of rotatable bonds is 5. The number of hydrogen-bond donors (Lipinski definition) is 1. The molecule has 112 valence electrons. The zero-order valence-corrected chi connectivity index (χ0v) is 13.0. The van der Waals surface area contributed by atoms with Gasteiger partial charge in [-0.05, 0) is 49.6 Å². The van der Waals surface area contributed by atoms with Crippen molar-refractivity contribution in [2.45, 2.75) is 32.9 Å². The highest BCUT2D eigenvalue weighted by Crippen LogP contribution is 2.25. The van der Waals surface area contributed by atoms with E-state index in [9.17, 15) is 4.39 Å². The monoisotopic (exact) mass is 287 g/mol. The average Bonchev–Trinajstić information content (AvgIpc) is 2.47. The minimum Gasteiger partial charge on any atom is -0.494 e. The molecule has 2 rings (SSSR count). The van der Waals surface area contributed by atoms with Crippen molar-refractivity contribution in [1.29, 1.82) is 0 Å². The topological polar surface area (TPSA) is 21.3 Å². The number of ether oxygens (including phenoxy) is 1. The number of nitrogens with one attached hydrogen (secondary N) is 1. The molecule has 0 aliphatic carbocycles. The van der Waals surface area contributed by atoms with Crippen molar-refractivity contribution >= 4 is 0 Å². The van der Waals surface area contributed by atoms with Gasteiger partial charge in [0.15, 0.2) is 11.6 Å². The molecule has 0 aromatic heterocycles. The van der Waals surface area contributed by atoms with Crippen LogP contribution in [0.3, 0.4) is 0 Å². The van der Waals surface area contributed by atoms with E-state index in [1.165, 1.54) is 24.3 Å². The Morgan fingerprint density at radius 1 is 1.05 bits per heavy atom. The highest BCUT2D eigenvalue weighted by Gasteiger charge is 2.14. The van der Waals surface area contributed by atoms with Gasteiger partial charge in [0.05, 0.1) is 7.11 Å². The second kappa shape index (κ2) is 6.72. The van der Waals surface area contributed by atoms with Gasteiger partial charge in [-0.1, -0.05) is 30.3 Å². The predicted molar refractivity (Wildman–Crippen MR) is 84.1 cm³/mol. The predicted octanol–water partition coefficient (Wildman–Crippen LogP) is 4.55. The summed E-state index contributed by atoms with van der Waals surface area (Å²) in [6.45, 7) is 6.26. The lowest BCUT2D eigenvalue weighted by atomic mass is 10.0. The minimum atomic E-state index is -0.327. The Bertz CT molecular complexity index is 612. The van der Waals surface area contributed by atoms with E-state index in [0.29, 0.717) is 0 Å². The first-order chi connectivity index (χ1) is 10.0. The van der Waals surface area contributed by atoms with Gasteiger partial charge in [-0.3, -0.25) is 0 Å². The molecule has 0 heterocycles. The largest absolute Gasteiger partial charge is 0.494 e. The van der Waals surface area contributed by atoms with Crippen LogP contribution in [0.5, 0.6) is 5.75 Å². The summed E-state index contributed by atoms with van der Waals surface area (Å²) >= 11 is 0. The Kier molecular flexibility index (Phi) is 4.97. The van der Waals surface area contributed by atoms with E-state index in [-0.39, 0.29) is 23.7 Å². The lowest BCUT2D eigenvalue weighted by Gasteiger charge is -2.22. The second-order valence-electron chi connectivity index (χ2n) is 5.36. The van der Waals surface area contributed by atoms with Crippen LogP contribution in [-0.2, 0) is 0 Å². The first-order valence-electron chi connectivity index (χ1n) is 7.18. The van der Waals surface area contributed by atoms with Gasteiger partial charge in [0.25, 0.3) is 0 Å². The zero-order chi connectivity index (χ0) is 15.4. The SMILES string of the molecule is COc1ccc(C(C)N[C@H](C)c2ccccc2C)cc1F. The van der Waals surface area contributed by atoms with Crippen molar-refractivity contribution in [2.24, 2.45) is 0 Å². The average molecular weight is 287 g/mol. The first kappa shape index (κ1) is 15.5. The maximum atomic E-state index is 13.8. The molecule has 0 fully saturated rings. The van der Waals surface area contributed by atoms with Gasteiger partial charge < -0.3 is 10.1 Å². The fourth-order valence-electron chi connectivity index (χ4n) is 2.59. The fraction of sp³-hybridized carbons (Fsp3) is 0.333. The molecule has 2 nitrogen and oxygen atoms in total. The lowest BCUT2D eigenvalue weighted by molar-refractivity contribution is 0.385. The molecule has 21 heavy (non-hydrogen) atoms. The number of halogens is 1. The van der Waals surface area contributed by atoms with Crippen molar-refractivity contribution in [3.63, 3.8) is 0 Å². The Morgan fingerprint density at radius 3 is 2.38 bits per heavy atom. The second-order valence-corrected chi connectivity index (χ2v) is 5.36. The lowest BCUT2D eigenvalue weighted by Crippen LogP contribution is -2.23. The maximum Gasteiger partial charge on any atom is 0.165 e. The third kappa shape index (κ3) is 3.61. The molecular formula is C18H22FNO. The van der Waals surface area contributed by atoms with Gasteiger partial charge in [-0.2, -0.15) is 0 Å². The van der Waals surface area contributed by atoms with E-state index in [2.05, 4.69) is 31.3 Å². The molecular weight excluding hydrogens is 265 g/mol. The van der Waals surface area contributed by atoms with E-state index in [4.69, 9.17) is 4.74 Å². The van der Waals surface area contributed by atoms with Crippen molar-refractivity contribution < 1.29 is 9.13 Å². The van der Waals surface area contributed by atoms with E-state index in [1.54, 1.807) is 6.07 Å². The van der Waals surface area contributed by atoms with Crippen LogP contribution in [0.25, 0.3) is 0 Å². The van der Waals surface area contributed by atoms with Crippen LogP contribution in [0.4, 0.5) is 4.39 Å². The van der Waals surface area contributed by atoms with Crippen LogP contribution in [0, 0.1) is 12.7 Å². The van der Waals surface area contributed by atoms with Gasteiger partial charge in [-0.15, -0.1) is 0 Å². The van der Waals surface area contributed by atoms with Gasteiger partial charge in [-0.25, -0.2) is 4.39 Å². The number of benzene rings is 2. The van der Waals surface area contributed by atoms with Crippen LogP contribution in [0.15, 0.2) is 42.5 Å². The molecule has 0 amide bonds. The van der Waals surface area contributed by atoms with Gasteiger partial charge in [0.1, 0.15) is 0 Å². The third-order valence-corrected chi connectivity index (χ3v) is 3.83. The summed E-state index contributed by atoms with van der Waals surface area (Å²) in [4.78, 5) is 0. The third-order valence-electron chi connectivity index (χ3n) is 3.83. The van der Waals surface area contributed by atoms with E-state index in [0.717, 1.165) is 5.56 Å². The van der Waals surface area contributed by atoms with E-state index < -0.39 is 0 Å². The Labute approximate surface area is 126 Å². The molecule has 2 aromatic carbocycles. The summed E-state index contributed by atoms with van der Waals surface area (Å²) in [5.41, 5.74) is 3.43. The molecule has 0 saturated heterocycles. The fourth-order valence-corrected chi connectivity index (χ4v) is 2.59. The van der Waals surface area contributed by atoms with Crippen molar-refractivity contribution in [3.05, 3.63) is 65.0 Å². The summed E-state index contributed by atoms with van der Waals surface area (Å²) in [5, 5.41) is 3.51. The zero-order valence-electron chi connectivity index (χ0n) is 13.0. The maximum absolute atomic E-state index is 13.8. The molecule has 2 aromatic rings. The smallest absolute Gasteiger partial charge is 0.165 e. The van der Waals surface area contributed by atoms with Crippen LogP contribution < -0.4 is 10.1 Å². The quantitative estimate of drug-likeness (QED) is 0.870. The van der Waals surface area contributed by atoms with Crippen LogP contribution in [-0.4, -0.2) is 7.11 Å². The number of methoxy groups -OCH3 is 1. The van der Waals surface area contributed by atoms with Gasteiger partial charge >= 0.3 is 0 Å². The summed E-state index contributed by atoms with van der Waals surface area (Å²) < 4.78 is 18.7. The molecule has 1 N–H and O–H groups in total. The van der Waals surface area contributed by atoms with E-state index >= 15 is 0 Å². The molecule has 1 unspecified atom stereocenters. The summed E-state index contributed by atoms with van der Waals surface area (Å²) in [5.74, 6) is -0.0508. The standard InChI is InChI=1S/C18H22FNO/c1-12-7-5-6-8-16(12)14(3)20-13(2)15-9-10-18(21-4)17(19)11-15/h5-11,13-14,20H,1-4H3/t13?,14-/m1/s1. The highest BCUT2D eigenvalue weighted by molar-refractivity contribution is 5.32. The minimum absolute atomic E-state index is 0.0556. The molecule has 0 radical (unpaired) electrons. The van der Waals surface area contributed by atoms with Crippen LogP contribution >= 0.6 is 0 Å². The summed E-state index contributed by atoms with van der Waals surface area (Å²) in [7, 11) is 1.47. The number of aryl methyl sites for hydroxylation is 1. The Hall–Kier alpha value is -1.87. The van der Waals surface area contributed by atoms with Crippen molar-refractivity contribution in [2.75, 3.05) is 7.11 Å². The van der Waals surface area contributed by atoms with Gasteiger partial charge in [0, 0.05) is 12.1 Å². The molecule has 0 saturated carbocycles. The van der Waals surface area contributed by atoms with E-state index in [1.807, 2.05) is 25.1 Å². The number of hydrogen-bond acceptors (Lipinski definition) is 2. The summed E-state index contributed by atoms with van der Waals surface area (Å²) in [6.07, 6.45) is 0. The molecule has 0 bridgehead atoms. The molecule has 0 spiro atoms. The van der Waals surface area contributed by atoms with Crippen molar-refractivity contribution in [3.8, 4) is 5.75 Å². The molecule has 3 heteroatoms. The molecule has 0 aliphatic heterocycles. The summed E-state index contributed by atoms with van der Waals surface area (Å²) in [6, 6.07) is 13.6. The Balaban J connectivity index is 2.12. The molecule has 0 aliphatic rings. The van der Waals surface area contributed by atoms with Crippen LogP contribution in [0.1, 0.15) is 42.6 Å². The molecule has 2 atom stereocenters. The highest BCUT2D eigenvalue weighted by atomic mass is 19.1. The first-order valence-corrected chi connectivity index (χ1v) is 7.18.